The summed E-state index contributed by atoms with van der Waals surface area (Å²) in [6.07, 6.45) is 6.49. The lowest BCUT2D eigenvalue weighted by Gasteiger charge is -2.29. The molecule has 1 saturated carbocycles. The van der Waals surface area contributed by atoms with Gasteiger partial charge in [-0.05, 0) is 137 Å². The molecule has 0 atom stereocenters. The van der Waals surface area contributed by atoms with Crippen molar-refractivity contribution in [1.82, 2.24) is 0 Å². The van der Waals surface area contributed by atoms with Crippen molar-refractivity contribution >= 4 is 49.4 Å². The van der Waals surface area contributed by atoms with Crippen LogP contribution in [-0.2, 0) is 5.41 Å². The largest absolute Gasteiger partial charge is 0.310 e. The van der Waals surface area contributed by atoms with Gasteiger partial charge in [0.15, 0.2) is 0 Å². The Morgan fingerprint density at radius 1 is 0.406 bits per heavy atom. The summed E-state index contributed by atoms with van der Waals surface area (Å²) in [5.41, 5.74) is 17.8. The summed E-state index contributed by atoms with van der Waals surface area (Å²) in [7, 11) is 0. The number of rotatable bonds is 7. The van der Waals surface area contributed by atoms with E-state index < -0.39 is 0 Å². The van der Waals surface area contributed by atoms with Crippen LogP contribution in [0.15, 0.2) is 206 Å². The summed E-state index contributed by atoms with van der Waals surface area (Å²) in [6.45, 7) is 4.73. The van der Waals surface area contributed by atoms with Crippen molar-refractivity contribution in [3.8, 4) is 44.5 Å². The Kier molecular flexibility index (Phi) is 9.34. The van der Waals surface area contributed by atoms with E-state index in [4.69, 9.17) is 0 Å². The van der Waals surface area contributed by atoms with E-state index in [-0.39, 0.29) is 5.41 Å². The molecule has 0 bridgehead atoms. The number of hydrogen-bond donors (Lipinski definition) is 0. The highest BCUT2D eigenvalue weighted by Gasteiger charge is 2.36. The minimum Gasteiger partial charge on any atom is -0.310 e. The molecule has 2 aliphatic carbocycles. The number of hydrogen-bond acceptors (Lipinski definition) is 1. The number of para-hydroxylation sites is 1. The lowest BCUT2D eigenvalue weighted by atomic mass is 9.80. The Morgan fingerprint density at radius 2 is 1.05 bits per heavy atom. The van der Waals surface area contributed by atoms with Crippen molar-refractivity contribution < 1.29 is 0 Å². The van der Waals surface area contributed by atoms with E-state index in [1.165, 1.54) is 131 Å². The summed E-state index contributed by atoms with van der Waals surface area (Å²) < 4.78 is 0. The third-order valence-electron chi connectivity index (χ3n) is 14.7. The van der Waals surface area contributed by atoms with Crippen molar-refractivity contribution in [3.63, 3.8) is 0 Å². The highest BCUT2D eigenvalue weighted by Crippen LogP contribution is 2.53. The fourth-order valence-electron chi connectivity index (χ4n) is 11.6. The van der Waals surface area contributed by atoms with Crippen LogP contribution in [0.3, 0.4) is 0 Å². The van der Waals surface area contributed by atoms with E-state index in [2.05, 4.69) is 225 Å². The molecule has 2 aliphatic rings. The smallest absolute Gasteiger partial charge is 0.0540 e. The van der Waals surface area contributed by atoms with Gasteiger partial charge in [0.05, 0.1) is 5.69 Å². The summed E-state index contributed by atoms with van der Waals surface area (Å²) in [6, 6.07) is 77.5. The van der Waals surface area contributed by atoms with E-state index in [1.54, 1.807) is 0 Å². The zero-order valence-corrected chi connectivity index (χ0v) is 36.7. The number of anilines is 3. The molecule has 64 heavy (non-hydrogen) atoms. The average Bonchev–Trinajstić information content (AvgIpc) is 3.60. The van der Waals surface area contributed by atoms with Crippen LogP contribution in [0.5, 0.6) is 0 Å². The van der Waals surface area contributed by atoms with E-state index in [1.807, 2.05) is 0 Å². The van der Waals surface area contributed by atoms with Gasteiger partial charge in [-0.2, -0.15) is 0 Å². The predicted molar refractivity (Wildman–Crippen MR) is 273 cm³/mol. The van der Waals surface area contributed by atoms with Crippen LogP contribution in [-0.4, -0.2) is 0 Å². The summed E-state index contributed by atoms with van der Waals surface area (Å²) in [4.78, 5) is 2.50. The molecule has 0 unspecified atom stereocenters. The normalized spacial score (nSPS) is 14.5. The fraction of sp³-hybridized carbons (Fsp3) is 0.143. The molecule has 0 aromatic heterocycles. The summed E-state index contributed by atoms with van der Waals surface area (Å²) >= 11 is 0. The lowest BCUT2D eigenvalue weighted by molar-refractivity contribution is 0.445. The maximum atomic E-state index is 2.50. The van der Waals surface area contributed by atoms with Crippen molar-refractivity contribution in [2.45, 2.75) is 57.3 Å². The summed E-state index contributed by atoms with van der Waals surface area (Å²) in [5, 5.41) is 7.81. The molecule has 0 saturated heterocycles. The maximum absolute atomic E-state index is 2.50. The van der Waals surface area contributed by atoms with E-state index in [9.17, 15) is 0 Å². The molecule has 0 spiro atoms. The highest BCUT2D eigenvalue weighted by atomic mass is 15.1. The zero-order chi connectivity index (χ0) is 42.8. The van der Waals surface area contributed by atoms with Gasteiger partial charge in [0.25, 0.3) is 0 Å². The van der Waals surface area contributed by atoms with Gasteiger partial charge in [-0.1, -0.05) is 209 Å². The molecule has 308 valence electrons. The Bertz CT molecular complexity index is 3390. The minimum absolute atomic E-state index is 0.0525. The van der Waals surface area contributed by atoms with Gasteiger partial charge >= 0.3 is 0 Å². The third-order valence-corrected chi connectivity index (χ3v) is 14.7. The Balaban J connectivity index is 1.05. The van der Waals surface area contributed by atoms with Crippen molar-refractivity contribution in [3.05, 3.63) is 223 Å². The maximum Gasteiger partial charge on any atom is 0.0540 e. The van der Waals surface area contributed by atoms with Crippen LogP contribution >= 0.6 is 0 Å². The van der Waals surface area contributed by atoms with Gasteiger partial charge in [0, 0.05) is 22.4 Å². The SMILES string of the molecule is CC1(C)c2ccccc2-c2c(-c3ccc(N(c4cccc(-c5cccc6c5ccc5ccccc56)c4)c4ccccc4-c4cccc5cccc(C6CCCCC6)c45)cc3)cccc21. The lowest BCUT2D eigenvalue weighted by Crippen LogP contribution is -2.14. The van der Waals surface area contributed by atoms with Gasteiger partial charge < -0.3 is 4.90 Å². The average molecular weight is 822 g/mol. The van der Waals surface area contributed by atoms with Gasteiger partial charge in [-0.25, -0.2) is 0 Å². The highest BCUT2D eigenvalue weighted by molar-refractivity contribution is 6.12. The molecule has 1 nitrogen and oxygen atoms in total. The second-order valence-electron chi connectivity index (χ2n) is 18.6. The summed E-state index contributed by atoms with van der Waals surface area (Å²) in [5.74, 6) is 0.584. The van der Waals surface area contributed by atoms with Crippen LogP contribution < -0.4 is 4.90 Å². The number of benzene rings is 10. The molecular formula is C63H51N. The molecular weight excluding hydrogens is 771 g/mol. The van der Waals surface area contributed by atoms with Crippen LogP contribution in [0.1, 0.15) is 68.6 Å². The van der Waals surface area contributed by atoms with E-state index >= 15 is 0 Å². The fourth-order valence-corrected chi connectivity index (χ4v) is 11.6. The second-order valence-corrected chi connectivity index (χ2v) is 18.6. The van der Waals surface area contributed by atoms with Crippen LogP contribution in [0.4, 0.5) is 17.1 Å². The van der Waals surface area contributed by atoms with Gasteiger partial charge in [0.2, 0.25) is 0 Å². The number of nitrogens with zero attached hydrogens (tertiary/aromatic N) is 1. The Morgan fingerprint density at radius 3 is 1.92 bits per heavy atom. The number of fused-ring (bicyclic) bond motifs is 7. The van der Waals surface area contributed by atoms with Crippen LogP contribution in [0.25, 0.3) is 76.8 Å². The van der Waals surface area contributed by atoms with Crippen molar-refractivity contribution in [2.24, 2.45) is 0 Å². The molecule has 0 amide bonds. The third kappa shape index (κ3) is 6.28. The first kappa shape index (κ1) is 38.5. The first-order valence-electron chi connectivity index (χ1n) is 23.3. The molecule has 10 aromatic rings. The van der Waals surface area contributed by atoms with Crippen molar-refractivity contribution in [2.75, 3.05) is 4.90 Å². The molecule has 1 heteroatoms. The van der Waals surface area contributed by atoms with Crippen LogP contribution in [0.2, 0.25) is 0 Å². The molecule has 0 radical (unpaired) electrons. The molecule has 1 fully saturated rings. The van der Waals surface area contributed by atoms with Gasteiger partial charge in [0.1, 0.15) is 0 Å². The van der Waals surface area contributed by atoms with Crippen molar-refractivity contribution in [1.29, 1.82) is 0 Å². The Hall–Kier alpha value is -7.22. The molecule has 0 heterocycles. The van der Waals surface area contributed by atoms with Gasteiger partial charge in [-0.3, -0.25) is 0 Å². The first-order chi connectivity index (χ1) is 31.5. The molecule has 12 rings (SSSR count). The zero-order valence-electron chi connectivity index (χ0n) is 36.7. The predicted octanol–water partition coefficient (Wildman–Crippen LogP) is 18.0. The van der Waals surface area contributed by atoms with Gasteiger partial charge in [-0.15, -0.1) is 0 Å². The van der Waals surface area contributed by atoms with E-state index in [0.29, 0.717) is 5.92 Å². The standard InChI is InChI=1S/C63H51N/c1-63(2)58-32-10-8-26-57(58)62-52(29-16-33-59(62)63)44-35-38-47(39-36-44)64(48-23-12-22-46(41-48)50-27-15-30-53-49-24-7-6-19-43(49)37-40-54(50)53)60-34-11-9-25-55(60)56-31-14-21-45-20-13-28-51(61(45)56)42-17-4-3-5-18-42/h6-16,19-42H,3-5,17-18H2,1-2H3. The second kappa shape index (κ2) is 15.5. The first-order valence-corrected chi connectivity index (χ1v) is 23.3. The topological polar surface area (TPSA) is 3.24 Å². The minimum atomic E-state index is -0.0525. The van der Waals surface area contributed by atoms with E-state index in [0.717, 1.165) is 11.4 Å². The molecule has 10 aromatic carbocycles. The molecule has 0 aliphatic heterocycles. The monoisotopic (exact) mass is 821 g/mol. The quantitative estimate of drug-likeness (QED) is 0.145. The Labute approximate surface area is 377 Å². The van der Waals surface area contributed by atoms with Crippen LogP contribution in [0, 0.1) is 0 Å². The molecule has 0 N–H and O–H groups in total.